The largest absolute Gasteiger partial charge is 0.394 e. The van der Waals surface area contributed by atoms with Gasteiger partial charge in [0.25, 0.3) is 0 Å². The van der Waals surface area contributed by atoms with Gasteiger partial charge in [0, 0.05) is 0 Å². The molecule has 0 bridgehead atoms. The van der Waals surface area contributed by atoms with E-state index in [1.54, 1.807) is 4.91 Å². The van der Waals surface area contributed by atoms with Crippen LogP contribution in [0.25, 0.3) is 10.4 Å². The fourth-order valence-electron chi connectivity index (χ4n) is 0.489. The van der Waals surface area contributed by atoms with Gasteiger partial charge in [-0.1, -0.05) is 0 Å². The van der Waals surface area contributed by atoms with Gasteiger partial charge in [0.1, 0.15) is 6.23 Å². The molecule has 0 aliphatic heterocycles. The van der Waals surface area contributed by atoms with Crippen molar-refractivity contribution < 1.29 is 19.7 Å². The monoisotopic (exact) mass is 208 g/mol. The number of nitrogens with zero attached hydrogens (tertiary/aromatic N) is 2. The van der Waals surface area contributed by atoms with Gasteiger partial charge in [-0.3, -0.25) is 0 Å². The molecule has 5 N–H and O–H groups in total. The highest BCUT2D eigenvalue weighted by molar-refractivity contribution is 4.38. The van der Waals surface area contributed by atoms with E-state index < -0.39 is 6.23 Å². The zero-order valence-electron chi connectivity index (χ0n) is 7.80. The van der Waals surface area contributed by atoms with Crippen molar-refractivity contribution in [3.8, 4) is 0 Å². The SMILES string of the molecule is NC(O)COCCOCCO.[N-]=[N+]=N. The predicted octanol–water partition coefficient (Wildman–Crippen LogP) is -0.836. The van der Waals surface area contributed by atoms with E-state index in [4.69, 9.17) is 36.5 Å². The highest BCUT2D eigenvalue weighted by Crippen LogP contribution is 1.79. The number of nitrogens with two attached hydrogens (primary N) is 1. The molecule has 1 unspecified atom stereocenters. The molecule has 0 heterocycles. The quantitative estimate of drug-likeness (QED) is 0.142. The van der Waals surface area contributed by atoms with Crippen LogP contribution in [-0.4, -0.2) is 49.5 Å². The minimum atomic E-state index is -0.923. The molecule has 0 aromatic heterocycles. The highest BCUT2D eigenvalue weighted by atomic mass is 16.5. The Morgan fingerprint density at radius 1 is 1.36 bits per heavy atom. The maximum atomic E-state index is 8.53. The van der Waals surface area contributed by atoms with Gasteiger partial charge in [-0.2, -0.15) is 0 Å². The van der Waals surface area contributed by atoms with Crippen LogP contribution in [0.4, 0.5) is 0 Å². The maximum absolute atomic E-state index is 8.53. The molecule has 0 fully saturated rings. The van der Waals surface area contributed by atoms with Crippen LogP contribution in [0, 0.1) is 5.53 Å². The van der Waals surface area contributed by atoms with Crippen molar-refractivity contribution in [3.63, 3.8) is 0 Å². The van der Waals surface area contributed by atoms with Gasteiger partial charge in [0.15, 0.2) is 0 Å². The molecular weight excluding hydrogens is 192 g/mol. The number of hydrogen-bond donors (Lipinski definition) is 4. The molecule has 0 saturated heterocycles. The second kappa shape index (κ2) is 14.6. The van der Waals surface area contributed by atoms with E-state index in [1.165, 1.54) is 0 Å². The van der Waals surface area contributed by atoms with E-state index in [0.717, 1.165) is 0 Å². The molecule has 0 rings (SSSR count). The van der Waals surface area contributed by atoms with Gasteiger partial charge in [-0.25, -0.2) is 0 Å². The van der Waals surface area contributed by atoms with Crippen LogP contribution < -0.4 is 5.73 Å². The minimum Gasteiger partial charge on any atom is -0.394 e. The summed E-state index contributed by atoms with van der Waals surface area (Å²) in [4.78, 5) is 1.75. The van der Waals surface area contributed by atoms with Crippen LogP contribution >= 0.6 is 0 Å². The second-order valence-electron chi connectivity index (χ2n) is 2.08. The Morgan fingerprint density at radius 2 is 1.86 bits per heavy atom. The number of nitrogens with one attached hydrogen (secondary N) is 1. The normalized spacial score (nSPS) is 11.1. The van der Waals surface area contributed by atoms with E-state index in [0.29, 0.717) is 19.8 Å². The van der Waals surface area contributed by atoms with Gasteiger partial charge in [-0.05, 0) is 10.4 Å². The Labute approximate surface area is 81.6 Å². The van der Waals surface area contributed by atoms with Crippen molar-refractivity contribution in [1.29, 1.82) is 5.53 Å². The molecular formula is C6H16N4O4. The highest BCUT2D eigenvalue weighted by Gasteiger charge is 1.94. The van der Waals surface area contributed by atoms with Gasteiger partial charge >= 0.3 is 0 Å². The van der Waals surface area contributed by atoms with Gasteiger partial charge in [0.2, 0.25) is 0 Å². The first-order chi connectivity index (χ1) is 6.68. The molecule has 0 saturated carbocycles. The fraction of sp³-hybridized carbons (Fsp3) is 1.00. The molecule has 0 aromatic carbocycles. The van der Waals surface area contributed by atoms with Crippen molar-refractivity contribution in [3.05, 3.63) is 10.4 Å². The Bertz CT molecular complexity index is 138. The summed E-state index contributed by atoms with van der Waals surface area (Å²) in [5, 5.41) is 16.8. The zero-order chi connectivity index (χ0) is 11.2. The Balaban J connectivity index is 0. The zero-order valence-corrected chi connectivity index (χ0v) is 7.80. The first-order valence-electron chi connectivity index (χ1n) is 3.89. The average Bonchev–Trinajstić information content (AvgIpc) is 2.12. The van der Waals surface area contributed by atoms with Crippen molar-refractivity contribution in [2.24, 2.45) is 5.73 Å². The topological polar surface area (TPSA) is 145 Å². The van der Waals surface area contributed by atoms with Crippen LogP contribution in [-0.2, 0) is 9.47 Å². The molecule has 0 aromatic rings. The lowest BCUT2D eigenvalue weighted by atomic mass is 10.6. The number of rotatable bonds is 7. The third kappa shape index (κ3) is 22.5. The first-order valence-corrected chi connectivity index (χ1v) is 3.89. The summed E-state index contributed by atoms with van der Waals surface area (Å²) in [6, 6.07) is 0. The third-order valence-corrected chi connectivity index (χ3v) is 0.896. The lowest BCUT2D eigenvalue weighted by molar-refractivity contribution is -0.000146. The number of ether oxygens (including phenoxy) is 2. The smallest absolute Gasteiger partial charge is 0.126 e. The van der Waals surface area contributed by atoms with E-state index in [9.17, 15) is 0 Å². The van der Waals surface area contributed by atoms with Gasteiger partial charge in [-0.15, -0.1) is 5.53 Å². The molecule has 0 radical (unpaired) electrons. The second-order valence-corrected chi connectivity index (χ2v) is 2.08. The summed E-state index contributed by atoms with van der Waals surface area (Å²) in [6.07, 6.45) is -0.923. The van der Waals surface area contributed by atoms with Crippen LogP contribution in [0.3, 0.4) is 0 Å². The number of aliphatic hydroxyl groups excluding tert-OH is 2. The van der Waals surface area contributed by atoms with Crippen LogP contribution in [0.5, 0.6) is 0 Å². The number of hydrogen-bond acceptors (Lipinski definition) is 6. The van der Waals surface area contributed by atoms with E-state index in [1.807, 2.05) is 0 Å². The van der Waals surface area contributed by atoms with Crippen LogP contribution in [0.15, 0.2) is 0 Å². The van der Waals surface area contributed by atoms with Gasteiger partial charge < -0.3 is 25.4 Å². The molecule has 8 heteroatoms. The molecule has 1 atom stereocenters. The molecule has 8 nitrogen and oxygen atoms in total. The van der Waals surface area contributed by atoms with E-state index >= 15 is 0 Å². The molecule has 84 valence electrons. The summed E-state index contributed by atoms with van der Waals surface area (Å²) >= 11 is 0. The summed E-state index contributed by atoms with van der Waals surface area (Å²) in [5.74, 6) is 0. The minimum absolute atomic E-state index is 0.0134. The van der Waals surface area contributed by atoms with Crippen molar-refractivity contribution >= 4 is 0 Å². The summed E-state index contributed by atoms with van der Waals surface area (Å²) < 4.78 is 9.73. The Morgan fingerprint density at radius 3 is 2.29 bits per heavy atom. The average molecular weight is 208 g/mol. The van der Waals surface area contributed by atoms with E-state index in [-0.39, 0.29) is 13.2 Å². The summed E-state index contributed by atoms with van der Waals surface area (Å²) in [7, 11) is 0. The van der Waals surface area contributed by atoms with E-state index in [2.05, 4.69) is 0 Å². The van der Waals surface area contributed by atoms with Gasteiger partial charge in [0.05, 0.1) is 33.0 Å². The summed E-state index contributed by atoms with van der Waals surface area (Å²) in [5.41, 5.74) is 17.2. The third-order valence-electron chi connectivity index (χ3n) is 0.896. The maximum Gasteiger partial charge on any atom is 0.126 e. The Kier molecular flexibility index (Phi) is 16.3. The lowest BCUT2D eigenvalue weighted by Crippen LogP contribution is -2.26. The first kappa shape index (κ1) is 15.6. The number of aliphatic hydroxyl groups is 2. The molecule has 0 amide bonds. The Hall–Kier alpha value is -0.890. The fourth-order valence-corrected chi connectivity index (χ4v) is 0.489. The molecule has 14 heavy (non-hydrogen) atoms. The van der Waals surface area contributed by atoms with Crippen molar-refractivity contribution in [1.82, 2.24) is 0 Å². The predicted molar refractivity (Wildman–Crippen MR) is 48.4 cm³/mol. The summed E-state index contributed by atoms with van der Waals surface area (Å²) in [6.45, 7) is 1.23. The van der Waals surface area contributed by atoms with Crippen LogP contribution in [0.1, 0.15) is 0 Å². The van der Waals surface area contributed by atoms with Crippen molar-refractivity contribution in [2.45, 2.75) is 6.23 Å². The molecule has 0 aliphatic carbocycles. The standard InChI is InChI=1S/C6H15NO4.HN3/c7-6(9)5-11-4-3-10-2-1-8;1-3-2/h6,8-9H,1-5,7H2;1H. The molecule has 0 spiro atoms. The van der Waals surface area contributed by atoms with Crippen molar-refractivity contribution in [2.75, 3.05) is 33.0 Å². The lowest BCUT2D eigenvalue weighted by Gasteiger charge is -2.05. The van der Waals surface area contributed by atoms with Crippen LogP contribution in [0.2, 0.25) is 0 Å². The molecule has 0 aliphatic rings.